The van der Waals surface area contributed by atoms with E-state index < -0.39 is 0 Å². The minimum Gasteiger partial charge on any atom is -0.373 e. The highest BCUT2D eigenvalue weighted by molar-refractivity contribution is 5.34. The molecule has 2 fully saturated rings. The zero-order valence-corrected chi connectivity index (χ0v) is 11.8. The van der Waals surface area contributed by atoms with Crippen LogP contribution in [0.4, 0.5) is 5.82 Å². The highest BCUT2D eigenvalue weighted by atomic mass is 15.3. The van der Waals surface area contributed by atoms with Gasteiger partial charge < -0.3 is 10.2 Å². The summed E-state index contributed by atoms with van der Waals surface area (Å²) in [5.41, 5.74) is 1.17. The van der Waals surface area contributed by atoms with E-state index in [4.69, 9.17) is 0 Å². The molecule has 1 saturated carbocycles. The van der Waals surface area contributed by atoms with Crippen molar-refractivity contribution in [3.05, 3.63) is 23.9 Å². The van der Waals surface area contributed by atoms with Gasteiger partial charge in [0.05, 0.1) is 5.69 Å². The second-order valence-electron chi connectivity index (χ2n) is 5.78. The highest BCUT2D eigenvalue weighted by Crippen LogP contribution is 2.29. The second kappa shape index (κ2) is 5.88. The Morgan fingerprint density at radius 2 is 1.89 bits per heavy atom. The first-order chi connectivity index (χ1) is 9.33. The lowest BCUT2D eigenvalue weighted by Gasteiger charge is -2.34. The number of nitrogens with zero attached hydrogens (tertiary/aromatic N) is 3. The SMILES string of the molecule is CNc1cccc(CN2CCN(CC3CC3)CC2)n1. The zero-order chi connectivity index (χ0) is 13.1. The maximum Gasteiger partial charge on any atom is 0.126 e. The molecular weight excluding hydrogens is 236 g/mol. The molecular formula is C15H24N4. The Hall–Kier alpha value is -1.13. The first kappa shape index (κ1) is 12.9. The van der Waals surface area contributed by atoms with Gasteiger partial charge >= 0.3 is 0 Å². The third-order valence-corrected chi connectivity index (χ3v) is 4.13. The number of rotatable bonds is 5. The third kappa shape index (κ3) is 3.67. The van der Waals surface area contributed by atoms with Gasteiger partial charge in [0.1, 0.15) is 5.82 Å². The van der Waals surface area contributed by atoms with Crippen LogP contribution < -0.4 is 5.32 Å². The summed E-state index contributed by atoms with van der Waals surface area (Å²) in [5, 5.41) is 3.10. The quantitative estimate of drug-likeness (QED) is 0.872. The van der Waals surface area contributed by atoms with Crippen molar-refractivity contribution in [2.75, 3.05) is 45.1 Å². The largest absolute Gasteiger partial charge is 0.373 e. The number of hydrogen-bond acceptors (Lipinski definition) is 4. The fourth-order valence-corrected chi connectivity index (χ4v) is 2.73. The molecule has 0 spiro atoms. The molecule has 1 aliphatic heterocycles. The molecule has 0 atom stereocenters. The van der Waals surface area contributed by atoms with Crippen LogP contribution in [0.1, 0.15) is 18.5 Å². The normalized spacial score (nSPS) is 21.5. The standard InChI is InChI=1S/C15H24N4/c1-16-15-4-2-3-14(17-15)12-19-9-7-18(8-10-19)11-13-5-6-13/h2-4,13H,5-12H2,1H3,(H,16,17). The van der Waals surface area contributed by atoms with Crippen molar-refractivity contribution in [3.63, 3.8) is 0 Å². The van der Waals surface area contributed by atoms with Crippen molar-refractivity contribution in [3.8, 4) is 0 Å². The summed E-state index contributed by atoms with van der Waals surface area (Å²) in [5.74, 6) is 1.98. The van der Waals surface area contributed by atoms with Gasteiger partial charge in [-0.15, -0.1) is 0 Å². The van der Waals surface area contributed by atoms with Gasteiger partial charge in [0, 0.05) is 46.3 Å². The average molecular weight is 260 g/mol. The van der Waals surface area contributed by atoms with Crippen LogP contribution in [0, 0.1) is 5.92 Å². The Morgan fingerprint density at radius 3 is 2.58 bits per heavy atom. The van der Waals surface area contributed by atoms with Gasteiger partial charge in [0.15, 0.2) is 0 Å². The maximum atomic E-state index is 4.60. The van der Waals surface area contributed by atoms with Gasteiger partial charge in [0.2, 0.25) is 0 Å². The van der Waals surface area contributed by atoms with Gasteiger partial charge in [-0.25, -0.2) is 4.98 Å². The third-order valence-electron chi connectivity index (χ3n) is 4.13. The van der Waals surface area contributed by atoms with Crippen LogP contribution in [-0.4, -0.2) is 54.6 Å². The first-order valence-electron chi connectivity index (χ1n) is 7.42. The van der Waals surface area contributed by atoms with E-state index in [0.29, 0.717) is 0 Å². The molecule has 1 aromatic rings. The molecule has 0 radical (unpaired) electrons. The van der Waals surface area contributed by atoms with Crippen molar-refractivity contribution in [2.45, 2.75) is 19.4 Å². The van der Waals surface area contributed by atoms with Gasteiger partial charge in [-0.05, 0) is 30.9 Å². The monoisotopic (exact) mass is 260 g/mol. The number of piperazine rings is 1. The maximum absolute atomic E-state index is 4.60. The van der Waals surface area contributed by atoms with Gasteiger partial charge in [0.25, 0.3) is 0 Å². The molecule has 4 heteroatoms. The Balaban J connectivity index is 1.48. The Bertz CT molecular complexity index is 408. The molecule has 104 valence electrons. The van der Waals surface area contributed by atoms with Crippen LogP contribution in [0.15, 0.2) is 18.2 Å². The Labute approximate surface area is 115 Å². The van der Waals surface area contributed by atoms with Crippen LogP contribution in [0.2, 0.25) is 0 Å². The molecule has 0 aromatic carbocycles. The zero-order valence-electron chi connectivity index (χ0n) is 11.8. The van der Waals surface area contributed by atoms with E-state index in [1.165, 1.54) is 51.3 Å². The van der Waals surface area contributed by atoms with Crippen LogP contribution in [0.3, 0.4) is 0 Å². The van der Waals surface area contributed by atoms with Gasteiger partial charge in [-0.1, -0.05) is 6.07 Å². The molecule has 2 heterocycles. The summed E-state index contributed by atoms with van der Waals surface area (Å²) in [6.45, 7) is 7.12. The predicted octanol–water partition coefficient (Wildman–Crippen LogP) is 1.65. The van der Waals surface area contributed by atoms with Crippen molar-refractivity contribution >= 4 is 5.82 Å². The Morgan fingerprint density at radius 1 is 1.16 bits per heavy atom. The summed E-state index contributed by atoms with van der Waals surface area (Å²) in [4.78, 5) is 9.75. The molecule has 0 unspecified atom stereocenters. The van der Waals surface area contributed by atoms with Crippen molar-refractivity contribution in [1.29, 1.82) is 0 Å². The van der Waals surface area contributed by atoms with Gasteiger partial charge in [-0.3, -0.25) is 4.90 Å². The topological polar surface area (TPSA) is 31.4 Å². The number of hydrogen-bond donors (Lipinski definition) is 1. The average Bonchev–Trinajstić information content (AvgIpc) is 3.25. The molecule has 0 amide bonds. The lowest BCUT2D eigenvalue weighted by molar-refractivity contribution is 0.122. The fraction of sp³-hybridized carbons (Fsp3) is 0.667. The lowest BCUT2D eigenvalue weighted by atomic mass is 10.2. The van der Waals surface area contributed by atoms with Crippen molar-refractivity contribution in [1.82, 2.24) is 14.8 Å². The van der Waals surface area contributed by atoms with E-state index in [0.717, 1.165) is 18.3 Å². The minimum atomic E-state index is 0.963. The van der Waals surface area contributed by atoms with Crippen LogP contribution >= 0.6 is 0 Å². The summed E-state index contributed by atoms with van der Waals surface area (Å²) in [6, 6.07) is 6.21. The molecule has 2 aliphatic rings. The number of nitrogens with one attached hydrogen (secondary N) is 1. The molecule has 1 aromatic heterocycles. The first-order valence-corrected chi connectivity index (χ1v) is 7.42. The van der Waals surface area contributed by atoms with E-state index in [9.17, 15) is 0 Å². The summed E-state index contributed by atoms with van der Waals surface area (Å²) >= 11 is 0. The number of pyridine rings is 1. The van der Waals surface area contributed by atoms with E-state index in [1.54, 1.807) is 0 Å². The van der Waals surface area contributed by atoms with E-state index in [2.05, 4.69) is 32.2 Å². The molecule has 3 rings (SSSR count). The van der Waals surface area contributed by atoms with Crippen LogP contribution in [-0.2, 0) is 6.54 Å². The van der Waals surface area contributed by atoms with Crippen molar-refractivity contribution in [2.24, 2.45) is 5.92 Å². The highest BCUT2D eigenvalue weighted by Gasteiger charge is 2.26. The van der Waals surface area contributed by atoms with E-state index in [1.807, 2.05) is 13.1 Å². The second-order valence-corrected chi connectivity index (χ2v) is 5.78. The molecule has 0 bridgehead atoms. The molecule has 1 aliphatic carbocycles. The van der Waals surface area contributed by atoms with Crippen LogP contribution in [0.25, 0.3) is 0 Å². The smallest absolute Gasteiger partial charge is 0.126 e. The lowest BCUT2D eigenvalue weighted by Crippen LogP contribution is -2.46. The summed E-state index contributed by atoms with van der Waals surface area (Å²) in [6.07, 6.45) is 2.92. The van der Waals surface area contributed by atoms with Crippen molar-refractivity contribution < 1.29 is 0 Å². The fourth-order valence-electron chi connectivity index (χ4n) is 2.73. The minimum absolute atomic E-state index is 0.963. The van der Waals surface area contributed by atoms with E-state index >= 15 is 0 Å². The van der Waals surface area contributed by atoms with E-state index in [-0.39, 0.29) is 0 Å². The van der Waals surface area contributed by atoms with Crippen LogP contribution in [0.5, 0.6) is 0 Å². The predicted molar refractivity (Wildman–Crippen MR) is 78.2 cm³/mol. The summed E-state index contributed by atoms with van der Waals surface area (Å²) in [7, 11) is 1.92. The molecule has 19 heavy (non-hydrogen) atoms. The summed E-state index contributed by atoms with van der Waals surface area (Å²) < 4.78 is 0. The number of anilines is 1. The molecule has 1 N–H and O–H groups in total. The molecule has 1 saturated heterocycles. The van der Waals surface area contributed by atoms with Gasteiger partial charge in [-0.2, -0.15) is 0 Å². The Kier molecular flexibility index (Phi) is 3.99. The molecule has 4 nitrogen and oxygen atoms in total. The number of aromatic nitrogens is 1.